The van der Waals surface area contributed by atoms with Gasteiger partial charge in [0.25, 0.3) is 5.91 Å². The lowest BCUT2D eigenvalue weighted by Gasteiger charge is -2.16. The molecule has 0 radical (unpaired) electrons. The number of aromatic nitrogens is 2. The predicted octanol–water partition coefficient (Wildman–Crippen LogP) is 3.20. The Morgan fingerprint density at radius 2 is 1.81 bits per heavy atom. The summed E-state index contributed by atoms with van der Waals surface area (Å²) in [5, 5.41) is 4.90. The Balaban J connectivity index is 1.47. The Kier molecular flexibility index (Phi) is 4.30. The van der Waals surface area contributed by atoms with Gasteiger partial charge in [0.2, 0.25) is 5.91 Å². The molecule has 134 valence electrons. The van der Waals surface area contributed by atoms with E-state index >= 15 is 0 Å². The van der Waals surface area contributed by atoms with Crippen LogP contribution < -0.4 is 5.32 Å². The third kappa shape index (κ3) is 3.37. The van der Waals surface area contributed by atoms with Gasteiger partial charge in [-0.1, -0.05) is 42.5 Å². The number of pyridine rings is 1. The average Bonchev–Trinajstić information content (AvgIpc) is 3.11. The van der Waals surface area contributed by atoms with Gasteiger partial charge in [0.1, 0.15) is 11.3 Å². The molecule has 2 aromatic carbocycles. The van der Waals surface area contributed by atoms with Crippen molar-refractivity contribution in [2.24, 2.45) is 0 Å². The third-order valence-electron chi connectivity index (χ3n) is 4.37. The number of amides is 2. The maximum absolute atomic E-state index is 12.6. The first-order valence-corrected chi connectivity index (χ1v) is 8.58. The number of hydrogen-bond acceptors (Lipinski definition) is 3. The van der Waals surface area contributed by atoms with Gasteiger partial charge in [0.05, 0.1) is 6.54 Å². The second-order valence-corrected chi connectivity index (χ2v) is 6.33. The summed E-state index contributed by atoms with van der Waals surface area (Å²) < 4.78 is 1.78. The van der Waals surface area contributed by atoms with E-state index in [1.54, 1.807) is 17.6 Å². The van der Waals surface area contributed by atoms with Crippen LogP contribution in [-0.4, -0.2) is 39.7 Å². The Morgan fingerprint density at radius 1 is 1.04 bits per heavy atom. The molecule has 0 aliphatic carbocycles. The largest absolute Gasteiger partial charge is 0.331 e. The zero-order valence-corrected chi connectivity index (χ0v) is 14.8. The van der Waals surface area contributed by atoms with Gasteiger partial charge in [-0.25, -0.2) is 4.98 Å². The summed E-state index contributed by atoms with van der Waals surface area (Å²) in [5.74, 6) is -0.558. The molecule has 0 aliphatic rings. The SMILES string of the molecule is CN(CC(=O)Nc1cccc2ccccc12)C(=O)c1cn2ccccc2n1. The summed E-state index contributed by atoms with van der Waals surface area (Å²) in [6.45, 7) is -0.0596. The third-order valence-corrected chi connectivity index (χ3v) is 4.37. The van der Waals surface area contributed by atoms with E-state index < -0.39 is 0 Å². The highest BCUT2D eigenvalue weighted by molar-refractivity contribution is 6.04. The molecule has 0 spiro atoms. The summed E-state index contributed by atoms with van der Waals surface area (Å²) >= 11 is 0. The van der Waals surface area contributed by atoms with E-state index in [1.807, 2.05) is 66.9 Å². The van der Waals surface area contributed by atoms with Crippen molar-refractivity contribution in [3.63, 3.8) is 0 Å². The maximum Gasteiger partial charge on any atom is 0.274 e. The molecule has 4 rings (SSSR count). The van der Waals surface area contributed by atoms with Gasteiger partial charge in [-0.2, -0.15) is 0 Å². The number of carbonyl (C=O) groups excluding carboxylic acids is 2. The molecule has 0 saturated carbocycles. The monoisotopic (exact) mass is 358 g/mol. The van der Waals surface area contributed by atoms with Crippen LogP contribution in [0, 0.1) is 0 Å². The molecular formula is C21H18N4O2. The second kappa shape index (κ2) is 6.92. The van der Waals surface area contributed by atoms with Gasteiger partial charge in [0.15, 0.2) is 0 Å². The van der Waals surface area contributed by atoms with Crippen molar-refractivity contribution in [1.82, 2.24) is 14.3 Å². The summed E-state index contributed by atoms with van der Waals surface area (Å²) in [6, 6.07) is 19.1. The number of fused-ring (bicyclic) bond motifs is 2. The summed E-state index contributed by atoms with van der Waals surface area (Å²) in [4.78, 5) is 30.7. The number of benzene rings is 2. The van der Waals surface area contributed by atoms with Crippen LogP contribution in [0.3, 0.4) is 0 Å². The lowest BCUT2D eigenvalue weighted by molar-refractivity contribution is -0.116. The Bertz CT molecular complexity index is 1110. The molecule has 0 atom stereocenters. The number of rotatable bonds is 4. The van der Waals surface area contributed by atoms with E-state index in [9.17, 15) is 9.59 Å². The Hall–Kier alpha value is -3.67. The molecule has 2 aromatic heterocycles. The first kappa shape index (κ1) is 16.8. The smallest absolute Gasteiger partial charge is 0.274 e. The molecule has 2 amide bonds. The van der Waals surface area contributed by atoms with Crippen molar-refractivity contribution < 1.29 is 9.59 Å². The van der Waals surface area contributed by atoms with Crippen molar-refractivity contribution in [3.8, 4) is 0 Å². The molecule has 6 heteroatoms. The molecule has 0 unspecified atom stereocenters. The zero-order valence-electron chi connectivity index (χ0n) is 14.8. The van der Waals surface area contributed by atoms with E-state index in [4.69, 9.17) is 0 Å². The highest BCUT2D eigenvalue weighted by atomic mass is 16.2. The molecule has 0 fully saturated rings. The van der Waals surface area contributed by atoms with Crippen molar-refractivity contribution in [1.29, 1.82) is 0 Å². The Morgan fingerprint density at radius 3 is 2.67 bits per heavy atom. The highest BCUT2D eigenvalue weighted by Gasteiger charge is 2.18. The fraction of sp³-hybridized carbons (Fsp3) is 0.0952. The molecule has 2 heterocycles. The van der Waals surface area contributed by atoms with Crippen molar-refractivity contribution >= 4 is 33.9 Å². The second-order valence-electron chi connectivity index (χ2n) is 6.33. The van der Waals surface area contributed by atoms with E-state index in [0.717, 1.165) is 16.5 Å². The van der Waals surface area contributed by atoms with Crippen molar-refractivity contribution in [2.45, 2.75) is 0 Å². The minimum absolute atomic E-state index is 0.0596. The number of imidazole rings is 1. The van der Waals surface area contributed by atoms with Gasteiger partial charge < -0.3 is 14.6 Å². The normalized spacial score (nSPS) is 10.9. The molecule has 6 nitrogen and oxygen atoms in total. The topological polar surface area (TPSA) is 66.7 Å². The minimum Gasteiger partial charge on any atom is -0.331 e. The maximum atomic E-state index is 12.6. The molecule has 4 aromatic rings. The standard InChI is InChI=1S/C21H18N4O2/c1-24(21(27)18-13-25-12-5-4-11-19(25)22-18)14-20(26)23-17-10-6-8-15-7-2-3-9-16(15)17/h2-13H,14H2,1H3,(H,23,26). The van der Waals surface area contributed by atoms with Crippen LogP contribution in [0.5, 0.6) is 0 Å². The molecule has 27 heavy (non-hydrogen) atoms. The molecule has 1 N–H and O–H groups in total. The van der Waals surface area contributed by atoms with Crippen LogP contribution in [0.15, 0.2) is 73.1 Å². The molecule has 0 aliphatic heterocycles. The van der Waals surface area contributed by atoms with Gasteiger partial charge in [-0.3, -0.25) is 9.59 Å². The van der Waals surface area contributed by atoms with Crippen LogP contribution >= 0.6 is 0 Å². The van der Waals surface area contributed by atoms with Crippen molar-refractivity contribution in [2.75, 3.05) is 18.9 Å². The fourth-order valence-corrected chi connectivity index (χ4v) is 3.04. The van der Waals surface area contributed by atoms with Gasteiger partial charge >= 0.3 is 0 Å². The zero-order chi connectivity index (χ0) is 18.8. The summed E-state index contributed by atoms with van der Waals surface area (Å²) in [5.41, 5.74) is 1.72. The highest BCUT2D eigenvalue weighted by Crippen LogP contribution is 2.22. The first-order valence-electron chi connectivity index (χ1n) is 8.58. The van der Waals surface area contributed by atoms with E-state index in [1.165, 1.54) is 4.90 Å². The average molecular weight is 358 g/mol. The summed E-state index contributed by atoms with van der Waals surface area (Å²) in [6.07, 6.45) is 3.49. The van der Waals surface area contributed by atoms with Gasteiger partial charge in [-0.05, 0) is 23.6 Å². The number of nitrogens with zero attached hydrogens (tertiary/aromatic N) is 3. The molecule has 0 saturated heterocycles. The van der Waals surface area contributed by atoms with Crippen LogP contribution in [0.1, 0.15) is 10.5 Å². The predicted molar refractivity (Wildman–Crippen MR) is 105 cm³/mol. The number of likely N-dealkylation sites (N-methyl/N-ethyl adjacent to an activating group) is 1. The first-order chi connectivity index (χ1) is 13.1. The molecule has 0 bridgehead atoms. The number of nitrogens with one attached hydrogen (secondary N) is 1. The lowest BCUT2D eigenvalue weighted by Crippen LogP contribution is -2.35. The van der Waals surface area contributed by atoms with Gasteiger partial charge in [-0.15, -0.1) is 0 Å². The Labute approximate surface area is 156 Å². The number of hydrogen-bond donors (Lipinski definition) is 1. The summed E-state index contributed by atoms with van der Waals surface area (Å²) in [7, 11) is 1.59. The quantitative estimate of drug-likeness (QED) is 0.609. The van der Waals surface area contributed by atoms with E-state index in [2.05, 4.69) is 10.3 Å². The van der Waals surface area contributed by atoms with E-state index in [0.29, 0.717) is 11.3 Å². The minimum atomic E-state index is -0.299. The van der Waals surface area contributed by atoms with Crippen LogP contribution in [0.2, 0.25) is 0 Å². The van der Waals surface area contributed by atoms with Crippen molar-refractivity contribution in [3.05, 3.63) is 78.8 Å². The van der Waals surface area contributed by atoms with E-state index in [-0.39, 0.29) is 18.4 Å². The van der Waals surface area contributed by atoms with Crippen LogP contribution in [-0.2, 0) is 4.79 Å². The fourth-order valence-electron chi connectivity index (χ4n) is 3.04. The molecular weight excluding hydrogens is 340 g/mol. The van der Waals surface area contributed by atoms with Crippen LogP contribution in [0.25, 0.3) is 16.4 Å². The van der Waals surface area contributed by atoms with Gasteiger partial charge in [0, 0.05) is 30.5 Å². The lowest BCUT2D eigenvalue weighted by atomic mass is 10.1. The number of carbonyl (C=O) groups is 2. The number of anilines is 1. The van der Waals surface area contributed by atoms with Crippen LogP contribution in [0.4, 0.5) is 5.69 Å².